The first-order chi connectivity index (χ1) is 14.0. The molecule has 5 nitrogen and oxygen atoms in total. The van der Waals surface area contributed by atoms with Crippen LogP contribution >= 0.6 is 0 Å². The van der Waals surface area contributed by atoms with Gasteiger partial charge in [-0.25, -0.2) is 8.78 Å². The van der Waals surface area contributed by atoms with Gasteiger partial charge in [-0.1, -0.05) is 0 Å². The largest absolute Gasteiger partial charge is 0.497 e. The molecule has 2 unspecified atom stereocenters. The minimum atomic E-state index is -0.618. The molecule has 5 atom stereocenters. The second-order valence-electron chi connectivity index (χ2n) is 8.24. The molecule has 0 amide bonds. The van der Waals surface area contributed by atoms with E-state index in [2.05, 4.69) is 22.3 Å². The van der Waals surface area contributed by atoms with Crippen LogP contribution in [0, 0.1) is 11.6 Å². The number of benzene rings is 2. The van der Waals surface area contributed by atoms with Gasteiger partial charge in [0.25, 0.3) is 0 Å². The highest BCUT2D eigenvalue weighted by atomic mass is 19.1. The van der Waals surface area contributed by atoms with Crippen LogP contribution < -0.4 is 15.8 Å². The summed E-state index contributed by atoms with van der Waals surface area (Å²) in [6.07, 6.45) is 0.0672. The molecule has 0 saturated carbocycles. The SMILES string of the molecule is COc1ccc2c(c1)C1CN([C@H]3CO[C@H](c4cc(F)ccc4F)[C@@H](N)C3)CC1N2. The lowest BCUT2D eigenvalue weighted by Gasteiger charge is -2.39. The Morgan fingerprint density at radius 3 is 2.79 bits per heavy atom. The summed E-state index contributed by atoms with van der Waals surface area (Å²) < 4.78 is 39.1. The highest BCUT2D eigenvalue weighted by Crippen LogP contribution is 2.43. The minimum Gasteiger partial charge on any atom is -0.497 e. The summed E-state index contributed by atoms with van der Waals surface area (Å²) in [4.78, 5) is 2.41. The van der Waals surface area contributed by atoms with E-state index in [-0.39, 0.29) is 17.6 Å². The molecule has 0 aliphatic carbocycles. The number of fused-ring (bicyclic) bond motifs is 3. The molecular weight excluding hydrogens is 376 g/mol. The maximum Gasteiger partial charge on any atom is 0.129 e. The molecule has 0 spiro atoms. The number of halogens is 2. The highest BCUT2D eigenvalue weighted by Gasteiger charge is 2.44. The molecule has 2 aromatic rings. The van der Waals surface area contributed by atoms with Gasteiger partial charge in [-0.15, -0.1) is 0 Å². The van der Waals surface area contributed by atoms with Crippen molar-refractivity contribution >= 4 is 5.69 Å². The van der Waals surface area contributed by atoms with E-state index in [0.29, 0.717) is 25.0 Å². The van der Waals surface area contributed by atoms with Gasteiger partial charge in [0, 0.05) is 48.4 Å². The van der Waals surface area contributed by atoms with Crippen molar-refractivity contribution < 1.29 is 18.3 Å². The number of methoxy groups -OCH3 is 1. The fourth-order valence-corrected chi connectivity index (χ4v) is 5.05. The molecule has 3 aliphatic rings. The monoisotopic (exact) mass is 401 g/mol. The van der Waals surface area contributed by atoms with Crippen LogP contribution in [0.1, 0.15) is 29.6 Å². The van der Waals surface area contributed by atoms with Crippen LogP contribution in [-0.4, -0.2) is 49.8 Å². The molecule has 29 heavy (non-hydrogen) atoms. The molecule has 7 heteroatoms. The predicted octanol–water partition coefficient (Wildman–Crippen LogP) is 3.02. The van der Waals surface area contributed by atoms with E-state index in [1.165, 1.54) is 17.3 Å². The van der Waals surface area contributed by atoms with Crippen LogP contribution in [0.4, 0.5) is 14.5 Å². The zero-order valence-electron chi connectivity index (χ0n) is 16.3. The van der Waals surface area contributed by atoms with E-state index >= 15 is 0 Å². The van der Waals surface area contributed by atoms with E-state index in [4.69, 9.17) is 15.2 Å². The van der Waals surface area contributed by atoms with Gasteiger partial charge in [0.15, 0.2) is 0 Å². The molecule has 3 N–H and O–H groups in total. The van der Waals surface area contributed by atoms with Crippen molar-refractivity contribution in [3.05, 3.63) is 59.2 Å². The van der Waals surface area contributed by atoms with Crippen molar-refractivity contribution in [3.63, 3.8) is 0 Å². The van der Waals surface area contributed by atoms with Gasteiger partial charge in [0.1, 0.15) is 23.5 Å². The maximum atomic E-state index is 14.2. The molecular formula is C22H25F2N3O2. The highest BCUT2D eigenvalue weighted by molar-refractivity contribution is 5.62. The van der Waals surface area contributed by atoms with Crippen LogP contribution in [0.5, 0.6) is 5.75 Å². The first kappa shape index (κ1) is 18.8. The summed E-state index contributed by atoms with van der Waals surface area (Å²) in [6.45, 7) is 2.28. The first-order valence-electron chi connectivity index (χ1n) is 10.0. The van der Waals surface area contributed by atoms with Crippen molar-refractivity contribution in [2.45, 2.75) is 36.6 Å². The number of ether oxygens (including phenoxy) is 2. The standard InChI is InChI=1S/C22H25F2N3O2/c1-28-14-3-5-20-15(8-14)17-9-27(10-21(17)26-20)13-7-19(25)22(29-11-13)16-6-12(23)2-4-18(16)24/h2-6,8,13,17,19,21-22,26H,7,9-11,25H2,1H3/t13-,17?,19+,21?,22-/m1/s1. The molecule has 0 aromatic heterocycles. The van der Waals surface area contributed by atoms with Gasteiger partial charge in [-0.05, 0) is 48.4 Å². The predicted molar refractivity (Wildman–Crippen MR) is 106 cm³/mol. The van der Waals surface area contributed by atoms with Gasteiger partial charge in [0.2, 0.25) is 0 Å². The molecule has 2 aromatic carbocycles. The van der Waals surface area contributed by atoms with E-state index in [0.717, 1.165) is 31.0 Å². The Morgan fingerprint density at radius 2 is 2.00 bits per heavy atom. The third-order valence-corrected chi connectivity index (χ3v) is 6.53. The summed E-state index contributed by atoms with van der Waals surface area (Å²) in [5.41, 5.74) is 9.02. The first-order valence-corrected chi connectivity index (χ1v) is 10.0. The number of hydrogen-bond donors (Lipinski definition) is 2. The summed E-state index contributed by atoms with van der Waals surface area (Å²) in [5, 5.41) is 3.62. The van der Waals surface area contributed by atoms with Crippen LogP contribution in [0.15, 0.2) is 36.4 Å². The molecule has 2 fully saturated rings. The third-order valence-electron chi connectivity index (χ3n) is 6.53. The lowest BCUT2D eigenvalue weighted by Crippen LogP contribution is -2.49. The Kier molecular flexibility index (Phi) is 4.69. The lowest BCUT2D eigenvalue weighted by atomic mass is 9.93. The summed E-state index contributed by atoms with van der Waals surface area (Å²) in [7, 11) is 1.68. The van der Waals surface area contributed by atoms with Gasteiger partial charge < -0.3 is 20.5 Å². The van der Waals surface area contributed by atoms with Gasteiger partial charge in [-0.2, -0.15) is 0 Å². The quantitative estimate of drug-likeness (QED) is 0.828. The number of nitrogens with one attached hydrogen (secondary N) is 1. The van der Waals surface area contributed by atoms with Crippen molar-refractivity contribution in [3.8, 4) is 5.75 Å². The average molecular weight is 401 g/mol. The lowest BCUT2D eigenvalue weighted by molar-refractivity contribution is -0.0473. The Bertz CT molecular complexity index is 925. The smallest absolute Gasteiger partial charge is 0.129 e. The fourth-order valence-electron chi connectivity index (χ4n) is 5.05. The molecule has 0 radical (unpaired) electrons. The number of likely N-dealkylation sites (tertiary alicyclic amines) is 1. The second-order valence-corrected chi connectivity index (χ2v) is 8.24. The number of anilines is 1. The minimum absolute atomic E-state index is 0.166. The molecule has 0 bridgehead atoms. The topological polar surface area (TPSA) is 59.8 Å². The molecule has 5 rings (SSSR count). The van der Waals surface area contributed by atoms with Crippen molar-refractivity contribution in [1.82, 2.24) is 4.90 Å². The van der Waals surface area contributed by atoms with Crippen molar-refractivity contribution in [2.75, 3.05) is 32.1 Å². The number of nitrogens with zero attached hydrogens (tertiary/aromatic N) is 1. The van der Waals surface area contributed by atoms with E-state index < -0.39 is 17.7 Å². The van der Waals surface area contributed by atoms with E-state index in [9.17, 15) is 8.78 Å². The zero-order valence-corrected chi connectivity index (χ0v) is 16.3. The molecule has 3 heterocycles. The van der Waals surface area contributed by atoms with Crippen molar-refractivity contribution in [1.29, 1.82) is 0 Å². The van der Waals surface area contributed by atoms with Crippen LogP contribution in [0.2, 0.25) is 0 Å². The third kappa shape index (κ3) is 3.27. The van der Waals surface area contributed by atoms with Crippen LogP contribution in [0.25, 0.3) is 0 Å². The van der Waals surface area contributed by atoms with Crippen LogP contribution in [0.3, 0.4) is 0 Å². The number of hydrogen-bond acceptors (Lipinski definition) is 5. The van der Waals surface area contributed by atoms with E-state index in [1.54, 1.807) is 7.11 Å². The second kappa shape index (κ2) is 7.23. The zero-order chi connectivity index (χ0) is 20.1. The summed E-state index contributed by atoms with van der Waals surface area (Å²) in [6, 6.07) is 9.73. The summed E-state index contributed by atoms with van der Waals surface area (Å²) in [5.74, 6) is 0.310. The van der Waals surface area contributed by atoms with Gasteiger partial charge >= 0.3 is 0 Å². The van der Waals surface area contributed by atoms with Crippen LogP contribution in [-0.2, 0) is 4.74 Å². The van der Waals surface area contributed by atoms with E-state index in [1.807, 2.05) is 6.07 Å². The average Bonchev–Trinajstić information content (AvgIpc) is 3.27. The normalized spacial score (nSPS) is 31.2. The fraction of sp³-hybridized carbons (Fsp3) is 0.455. The Hall–Kier alpha value is -2.22. The van der Waals surface area contributed by atoms with Gasteiger partial charge in [0.05, 0.1) is 13.7 Å². The number of nitrogens with two attached hydrogens (primary N) is 1. The molecule has 3 aliphatic heterocycles. The summed E-state index contributed by atoms with van der Waals surface area (Å²) >= 11 is 0. The van der Waals surface area contributed by atoms with Gasteiger partial charge in [-0.3, -0.25) is 4.90 Å². The Balaban J connectivity index is 1.28. The maximum absolute atomic E-state index is 14.2. The Morgan fingerprint density at radius 1 is 1.14 bits per heavy atom. The number of rotatable bonds is 3. The molecule has 154 valence electrons. The van der Waals surface area contributed by atoms with Crippen molar-refractivity contribution in [2.24, 2.45) is 5.73 Å². The molecule has 2 saturated heterocycles. The Labute approximate surface area is 168 Å².